The van der Waals surface area contributed by atoms with Crippen molar-refractivity contribution in [2.24, 2.45) is 0 Å². The van der Waals surface area contributed by atoms with Crippen LogP contribution in [-0.2, 0) is 13.0 Å². The number of aromatic nitrogens is 1. The maximum absolute atomic E-state index is 12.4. The lowest BCUT2D eigenvalue weighted by Gasteiger charge is -2.19. The molecule has 4 nitrogen and oxygen atoms in total. The van der Waals surface area contributed by atoms with Gasteiger partial charge in [-0.2, -0.15) is 0 Å². The molecule has 0 aliphatic carbocycles. The summed E-state index contributed by atoms with van der Waals surface area (Å²) in [7, 11) is 0. The molecule has 1 aliphatic heterocycles. The molecule has 0 fully saturated rings. The molecule has 2 N–H and O–H groups in total. The van der Waals surface area contributed by atoms with E-state index in [9.17, 15) is 4.79 Å². The third-order valence-corrected chi connectivity index (χ3v) is 4.62. The molecule has 0 spiro atoms. The van der Waals surface area contributed by atoms with Crippen molar-refractivity contribution >= 4 is 22.4 Å². The average molecular weight is 287 g/mol. The number of amides is 1. The first-order chi connectivity index (χ1) is 9.65. The number of hydrogen-bond acceptors (Lipinski definition) is 4. The van der Waals surface area contributed by atoms with E-state index in [1.54, 1.807) is 0 Å². The number of nitrogens with one attached hydrogen (secondary N) is 2. The maximum atomic E-state index is 12.4. The van der Waals surface area contributed by atoms with Crippen molar-refractivity contribution in [3.63, 3.8) is 0 Å². The number of fused-ring (bicyclic) bond motifs is 1. The van der Waals surface area contributed by atoms with Gasteiger partial charge in [0.25, 0.3) is 5.91 Å². The Bertz CT molecular complexity index is 644. The van der Waals surface area contributed by atoms with E-state index >= 15 is 0 Å². The number of aryl methyl sites for hydroxylation is 2. The zero-order valence-corrected chi connectivity index (χ0v) is 12.4. The summed E-state index contributed by atoms with van der Waals surface area (Å²) in [4.78, 5) is 17.9. The Morgan fingerprint density at radius 1 is 1.40 bits per heavy atom. The van der Waals surface area contributed by atoms with Crippen molar-refractivity contribution in [2.75, 3.05) is 11.9 Å². The molecule has 1 aliphatic rings. The molecule has 0 radical (unpaired) electrons. The van der Waals surface area contributed by atoms with E-state index in [1.807, 2.05) is 26.0 Å². The third-order valence-electron chi connectivity index (χ3n) is 3.63. The molecule has 104 valence electrons. The number of carbonyl (C=O) groups excluding carboxylic acids is 1. The number of carbonyl (C=O) groups is 1. The molecule has 0 unspecified atom stereocenters. The van der Waals surface area contributed by atoms with Gasteiger partial charge in [0.2, 0.25) is 0 Å². The molecule has 20 heavy (non-hydrogen) atoms. The zero-order valence-electron chi connectivity index (χ0n) is 11.6. The molecule has 1 amide bonds. The first-order valence-corrected chi connectivity index (χ1v) is 7.53. The molecule has 5 heteroatoms. The normalized spacial score (nSPS) is 13.9. The van der Waals surface area contributed by atoms with Gasteiger partial charge in [0.1, 0.15) is 0 Å². The van der Waals surface area contributed by atoms with E-state index in [0.717, 1.165) is 41.2 Å². The minimum atomic E-state index is -0.0579. The maximum Gasteiger partial charge on any atom is 0.257 e. The van der Waals surface area contributed by atoms with E-state index in [0.29, 0.717) is 5.13 Å². The molecule has 2 heterocycles. The van der Waals surface area contributed by atoms with Crippen LogP contribution in [0.1, 0.15) is 32.1 Å². The van der Waals surface area contributed by atoms with Crippen LogP contribution in [0, 0.1) is 13.8 Å². The summed E-state index contributed by atoms with van der Waals surface area (Å²) in [6.07, 6.45) is 0.898. The van der Waals surface area contributed by atoms with Gasteiger partial charge in [0, 0.05) is 17.0 Å². The lowest BCUT2D eigenvalue weighted by molar-refractivity contribution is 0.102. The van der Waals surface area contributed by atoms with E-state index in [4.69, 9.17) is 0 Å². The predicted molar refractivity (Wildman–Crippen MR) is 81.4 cm³/mol. The lowest BCUT2D eigenvalue weighted by atomic mass is 9.95. The smallest absolute Gasteiger partial charge is 0.257 e. The largest absolute Gasteiger partial charge is 0.312 e. The second kappa shape index (κ2) is 5.34. The van der Waals surface area contributed by atoms with Crippen molar-refractivity contribution in [3.05, 3.63) is 45.5 Å². The molecule has 0 saturated heterocycles. The summed E-state index contributed by atoms with van der Waals surface area (Å²) in [6, 6.07) is 5.92. The topological polar surface area (TPSA) is 54.0 Å². The van der Waals surface area contributed by atoms with Crippen LogP contribution in [0.25, 0.3) is 0 Å². The highest BCUT2D eigenvalue weighted by Gasteiger charge is 2.18. The van der Waals surface area contributed by atoms with Gasteiger partial charge in [-0.15, -0.1) is 11.3 Å². The van der Waals surface area contributed by atoms with Crippen LogP contribution < -0.4 is 10.6 Å². The van der Waals surface area contributed by atoms with Crippen LogP contribution in [0.3, 0.4) is 0 Å². The second-order valence-electron chi connectivity index (χ2n) is 4.98. The van der Waals surface area contributed by atoms with Gasteiger partial charge < -0.3 is 5.32 Å². The monoisotopic (exact) mass is 287 g/mol. The minimum absolute atomic E-state index is 0.0579. The number of rotatable bonds is 2. The molecular formula is C15H17N3OS. The number of thiazole rings is 1. The van der Waals surface area contributed by atoms with Crippen LogP contribution in [-0.4, -0.2) is 17.4 Å². The second-order valence-corrected chi connectivity index (χ2v) is 6.19. The number of anilines is 1. The fraction of sp³-hybridized carbons (Fsp3) is 0.333. The Kier molecular flexibility index (Phi) is 3.54. The van der Waals surface area contributed by atoms with Crippen molar-refractivity contribution in [1.82, 2.24) is 10.3 Å². The van der Waals surface area contributed by atoms with Crippen molar-refractivity contribution in [3.8, 4) is 0 Å². The van der Waals surface area contributed by atoms with Crippen LogP contribution >= 0.6 is 11.3 Å². The highest BCUT2D eigenvalue weighted by Crippen LogP contribution is 2.23. The van der Waals surface area contributed by atoms with E-state index in [-0.39, 0.29) is 5.91 Å². The van der Waals surface area contributed by atoms with E-state index < -0.39 is 0 Å². The summed E-state index contributed by atoms with van der Waals surface area (Å²) in [5.41, 5.74) is 4.13. The predicted octanol–water partition coefficient (Wildman–Crippen LogP) is 2.66. The molecule has 0 saturated carbocycles. The van der Waals surface area contributed by atoms with Crippen molar-refractivity contribution in [1.29, 1.82) is 0 Å². The fourth-order valence-electron chi connectivity index (χ4n) is 2.44. The Balaban J connectivity index is 1.87. The minimum Gasteiger partial charge on any atom is -0.312 e. The van der Waals surface area contributed by atoms with Gasteiger partial charge >= 0.3 is 0 Å². The number of hydrogen-bond donors (Lipinski definition) is 2. The zero-order chi connectivity index (χ0) is 14.1. The average Bonchev–Trinajstić information content (AvgIpc) is 2.76. The van der Waals surface area contributed by atoms with E-state index in [2.05, 4.69) is 21.7 Å². The van der Waals surface area contributed by atoms with Crippen LogP contribution in [0.2, 0.25) is 0 Å². The lowest BCUT2D eigenvalue weighted by Crippen LogP contribution is -2.26. The summed E-state index contributed by atoms with van der Waals surface area (Å²) in [5, 5.41) is 6.92. The summed E-state index contributed by atoms with van der Waals surface area (Å²) < 4.78 is 0. The molecule has 0 atom stereocenters. The standard InChI is InChI=1S/C15H17N3OS/c1-9-10(2)20-15(17-9)18-14(19)13-5-3-4-11-8-16-7-6-12(11)13/h3-5,16H,6-8H2,1-2H3,(H,17,18,19). The molecule has 3 rings (SSSR count). The number of benzene rings is 1. The summed E-state index contributed by atoms with van der Waals surface area (Å²) in [5.74, 6) is -0.0579. The Labute approximate surface area is 122 Å². The van der Waals surface area contributed by atoms with Crippen LogP contribution in [0.4, 0.5) is 5.13 Å². The Hall–Kier alpha value is -1.72. The van der Waals surface area contributed by atoms with Gasteiger partial charge in [-0.1, -0.05) is 12.1 Å². The quantitative estimate of drug-likeness (QED) is 0.893. The van der Waals surface area contributed by atoms with Crippen LogP contribution in [0.15, 0.2) is 18.2 Å². The van der Waals surface area contributed by atoms with Crippen molar-refractivity contribution in [2.45, 2.75) is 26.8 Å². The van der Waals surface area contributed by atoms with Gasteiger partial charge in [-0.25, -0.2) is 4.98 Å². The summed E-state index contributed by atoms with van der Waals surface area (Å²) in [6.45, 7) is 5.73. The van der Waals surface area contributed by atoms with Crippen molar-refractivity contribution < 1.29 is 4.79 Å². The molecular weight excluding hydrogens is 270 g/mol. The Morgan fingerprint density at radius 2 is 2.25 bits per heavy atom. The van der Waals surface area contributed by atoms with Gasteiger partial charge in [-0.3, -0.25) is 10.1 Å². The molecule has 1 aromatic heterocycles. The number of nitrogens with zero attached hydrogens (tertiary/aromatic N) is 1. The molecule has 0 bridgehead atoms. The fourth-order valence-corrected chi connectivity index (χ4v) is 3.25. The summed E-state index contributed by atoms with van der Waals surface area (Å²) >= 11 is 1.52. The molecule has 2 aromatic rings. The first kappa shape index (κ1) is 13.3. The van der Waals surface area contributed by atoms with Gasteiger partial charge in [-0.05, 0) is 44.0 Å². The van der Waals surface area contributed by atoms with E-state index in [1.165, 1.54) is 16.9 Å². The van der Waals surface area contributed by atoms with Gasteiger partial charge in [0.05, 0.1) is 5.69 Å². The SMILES string of the molecule is Cc1nc(NC(=O)c2cccc3c2CCNC3)sc1C. The van der Waals surface area contributed by atoms with Crippen LogP contribution in [0.5, 0.6) is 0 Å². The van der Waals surface area contributed by atoms with Gasteiger partial charge in [0.15, 0.2) is 5.13 Å². The Morgan fingerprint density at radius 3 is 3.00 bits per heavy atom. The highest BCUT2D eigenvalue weighted by atomic mass is 32.1. The third kappa shape index (κ3) is 2.46. The molecule has 1 aromatic carbocycles. The first-order valence-electron chi connectivity index (χ1n) is 6.72. The highest BCUT2D eigenvalue weighted by molar-refractivity contribution is 7.15.